The second kappa shape index (κ2) is 7.58. The monoisotopic (exact) mass is 366 g/mol. The zero-order chi connectivity index (χ0) is 17.8. The summed E-state index contributed by atoms with van der Waals surface area (Å²) in [4.78, 5) is 19.8. The molecule has 0 radical (unpaired) electrons. The fourth-order valence-corrected chi connectivity index (χ4v) is 3.74. The Hall–Kier alpha value is -2.86. The van der Waals surface area contributed by atoms with Crippen LogP contribution in [0.5, 0.6) is 17.4 Å². The van der Waals surface area contributed by atoms with E-state index in [-0.39, 0.29) is 12.5 Å². The number of carbonyl (C=O) groups is 1. The molecule has 26 heavy (non-hydrogen) atoms. The Morgan fingerprint density at radius 1 is 1.15 bits per heavy atom. The number of aromatic nitrogens is 1. The first-order chi connectivity index (χ1) is 12.8. The highest BCUT2D eigenvalue weighted by molar-refractivity contribution is 7.10. The molecule has 0 spiro atoms. The van der Waals surface area contributed by atoms with Gasteiger partial charge in [0.05, 0.1) is 0 Å². The molecule has 3 heterocycles. The van der Waals surface area contributed by atoms with Gasteiger partial charge in [0.25, 0.3) is 5.91 Å². The van der Waals surface area contributed by atoms with Crippen molar-refractivity contribution >= 4 is 17.2 Å². The van der Waals surface area contributed by atoms with Gasteiger partial charge < -0.3 is 14.4 Å². The number of amides is 1. The minimum atomic E-state index is -0.00195. The van der Waals surface area contributed by atoms with E-state index in [2.05, 4.69) is 16.4 Å². The Labute approximate surface area is 155 Å². The largest absolute Gasteiger partial charge is 0.484 e. The lowest BCUT2D eigenvalue weighted by Gasteiger charge is -2.27. The van der Waals surface area contributed by atoms with Crippen molar-refractivity contribution in [3.8, 4) is 17.4 Å². The molecule has 2 aromatic heterocycles. The van der Waals surface area contributed by atoms with Gasteiger partial charge in [0.1, 0.15) is 11.5 Å². The first kappa shape index (κ1) is 16.6. The van der Waals surface area contributed by atoms with Gasteiger partial charge in [0, 0.05) is 36.3 Å². The predicted octanol–water partition coefficient (Wildman–Crippen LogP) is 3.90. The van der Waals surface area contributed by atoms with Gasteiger partial charge >= 0.3 is 0 Å². The molecule has 5 nitrogen and oxygen atoms in total. The lowest BCUT2D eigenvalue weighted by Crippen LogP contribution is -2.38. The Morgan fingerprint density at radius 3 is 2.96 bits per heavy atom. The van der Waals surface area contributed by atoms with Crippen molar-refractivity contribution in [2.75, 3.05) is 13.2 Å². The number of ether oxygens (including phenoxy) is 2. The average Bonchev–Trinajstić information content (AvgIpc) is 3.15. The van der Waals surface area contributed by atoms with E-state index in [1.54, 1.807) is 29.7 Å². The molecule has 0 aliphatic carbocycles. The van der Waals surface area contributed by atoms with E-state index in [1.807, 2.05) is 35.2 Å². The SMILES string of the molecule is O=C(COc1cccc(Oc2ccccn2)c1)N1CCc2sccc2C1. The molecule has 0 bridgehead atoms. The minimum absolute atomic E-state index is 0.00195. The van der Waals surface area contributed by atoms with Gasteiger partial charge in [-0.2, -0.15) is 0 Å². The summed E-state index contributed by atoms with van der Waals surface area (Å²) in [7, 11) is 0. The highest BCUT2D eigenvalue weighted by Gasteiger charge is 2.21. The summed E-state index contributed by atoms with van der Waals surface area (Å²) in [5.41, 5.74) is 1.25. The second-order valence-corrected chi connectivity index (χ2v) is 6.97. The van der Waals surface area contributed by atoms with E-state index >= 15 is 0 Å². The molecular weight excluding hydrogens is 348 g/mol. The molecule has 0 N–H and O–H groups in total. The van der Waals surface area contributed by atoms with E-state index in [9.17, 15) is 4.79 Å². The van der Waals surface area contributed by atoms with E-state index in [0.717, 1.165) is 13.0 Å². The summed E-state index contributed by atoms with van der Waals surface area (Å²) in [6, 6.07) is 14.8. The molecule has 0 saturated heterocycles. The van der Waals surface area contributed by atoms with Gasteiger partial charge in [-0.1, -0.05) is 12.1 Å². The molecule has 1 aliphatic rings. The van der Waals surface area contributed by atoms with Crippen molar-refractivity contribution in [1.29, 1.82) is 0 Å². The predicted molar refractivity (Wildman–Crippen MR) is 99.7 cm³/mol. The summed E-state index contributed by atoms with van der Waals surface area (Å²) in [6.07, 6.45) is 2.60. The lowest BCUT2D eigenvalue weighted by atomic mass is 10.1. The van der Waals surface area contributed by atoms with Gasteiger partial charge in [-0.3, -0.25) is 4.79 Å². The topological polar surface area (TPSA) is 51.7 Å². The van der Waals surface area contributed by atoms with Crippen LogP contribution in [-0.2, 0) is 17.8 Å². The van der Waals surface area contributed by atoms with Crippen molar-refractivity contribution < 1.29 is 14.3 Å². The smallest absolute Gasteiger partial charge is 0.260 e. The fourth-order valence-electron chi connectivity index (χ4n) is 2.85. The molecule has 0 unspecified atom stereocenters. The molecule has 6 heteroatoms. The Bertz CT molecular complexity index is 895. The maximum Gasteiger partial charge on any atom is 0.260 e. The van der Waals surface area contributed by atoms with Crippen LogP contribution in [0.2, 0.25) is 0 Å². The zero-order valence-corrected chi connectivity index (χ0v) is 14.9. The molecule has 1 aromatic carbocycles. The first-order valence-corrected chi connectivity index (χ1v) is 9.31. The van der Waals surface area contributed by atoms with Crippen LogP contribution < -0.4 is 9.47 Å². The van der Waals surface area contributed by atoms with E-state index in [1.165, 1.54) is 10.4 Å². The molecule has 1 amide bonds. The summed E-state index contributed by atoms with van der Waals surface area (Å²) in [5, 5.41) is 2.09. The summed E-state index contributed by atoms with van der Waals surface area (Å²) in [5.74, 6) is 1.73. The molecule has 132 valence electrons. The van der Waals surface area contributed by atoms with Crippen molar-refractivity contribution in [3.63, 3.8) is 0 Å². The third kappa shape index (κ3) is 3.86. The van der Waals surface area contributed by atoms with Crippen molar-refractivity contribution in [2.45, 2.75) is 13.0 Å². The lowest BCUT2D eigenvalue weighted by molar-refractivity contribution is -0.134. The van der Waals surface area contributed by atoms with Crippen LogP contribution in [-0.4, -0.2) is 28.9 Å². The number of rotatable bonds is 5. The average molecular weight is 366 g/mol. The molecular formula is C20H18N2O3S. The van der Waals surface area contributed by atoms with E-state index in [4.69, 9.17) is 9.47 Å². The van der Waals surface area contributed by atoms with Crippen LogP contribution >= 0.6 is 11.3 Å². The highest BCUT2D eigenvalue weighted by Crippen LogP contribution is 2.25. The molecule has 1 aliphatic heterocycles. The minimum Gasteiger partial charge on any atom is -0.484 e. The number of carbonyl (C=O) groups excluding carboxylic acids is 1. The van der Waals surface area contributed by atoms with Crippen LogP contribution in [0.3, 0.4) is 0 Å². The Balaban J connectivity index is 1.34. The van der Waals surface area contributed by atoms with Gasteiger partial charge in [0.2, 0.25) is 5.88 Å². The number of nitrogens with zero attached hydrogens (tertiary/aromatic N) is 2. The molecule has 4 rings (SSSR count). The van der Waals surface area contributed by atoms with Crippen LogP contribution in [0.1, 0.15) is 10.4 Å². The van der Waals surface area contributed by atoms with Gasteiger partial charge in [0.15, 0.2) is 6.61 Å². The molecule has 0 saturated carbocycles. The van der Waals surface area contributed by atoms with Crippen molar-refractivity contribution in [1.82, 2.24) is 9.88 Å². The van der Waals surface area contributed by atoms with E-state index < -0.39 is 0 Å². The van der Waals surface area contributed by atoms with Crippen LogP contribution in [0.15, 0.2) is 60.1 Å². The Morgan fingerprint density at radius 2 is 2.08 bits per heavy atom. The highest BCUT2D eigenvalue weighted by atomic mass is 32.1. The quantitative estimate of drug-likeness (QED) is 0.687. The maximum atomic E-state index is 12.4. The van der Waals surface area contributed by atoms with Crippen LogP contribution in [0.25, 0.3) is 0 Å². The Kier molecular flexibility index (Phi) is 4.84. The van der Waals surface area contributed by atoms with Crippen LogP contribution in [0.4, 0.5) is 0 Å². The molecule has 3 aromatic rings. The number of pyridine rings is 1. The van der Waals surface area contributed by atoms with Gasteiger partial charge in [-0.25, -0.2) is 4.98 Å². The van der Waals surface area contributed by atoms with Crippen LogP contribution in [0, 0.1) is 0 Å². The normalized spacial score (nSPS) is 13.2. The number of fused-ring (bicyclic) bond motifs is 1. The number of benzene rings is 1. The second-order valence-electron chi connectivity index (χ2n) is 5.97. The third-order valence-corrected chi connectivity index (χ3v) is 5.21. The zero-order valence-electron chi connectivity index (χ0n) is 14.1. The van der Waals surface area contributed by atoms with Gasteiger partial charge in [-0.05, 0) is 41.6 Å². The summed E-state index contributed by atoms with van der Waals surface area (Å²) in [6.45, 7) is 1.44. The van der Waals surface area contributed by atoms with Crippen molar-refractivity contribution in [3.05, 3.63) is 70.5 Å². The van der Waals surface area contributed by atoms with Gasteiger partial charge in [-0.15, -0.1) is 11.3 Å². The van der Waals surface area contributed by atoms with E-state index in [0.29, 0.717) is 23.9 Å². The third-order valence-electron chi connectivity index (χ3n) is 4.19. The number of hydrogen-bond acceptors (Lipinski definition) is 5. The molecule has 0 fully saturated rings. The number of hydrogen-bond donors (Lipinski definition) is 0. The summed E-state index contributed by atoms with van der Waals surface area (Å²) >= 11 is 1.76. The number of thiophene rings is 1. The van der Waals surface area contributed by atoms with Crippen molar-refractivity contribution in [2.24, 2.45) is 0 Å². The maximum absolute atomic E-state index is 12.4. The fraction of sp³-hybridized carbons (Fsp3) is 0.200. The summed E-state index contributed by atoms with van der Waals surface area (Å²) < 4.78 is 11.4. The standard InChI is InChI=1S/C20H18N2O3S/c23-20(22-10-7-18-15(13-22)8-11-26-18)14-24-16-4-3-5-17(12-16)25-19-6-1-2-9-21-19/h1-6,8-9,11-12H,7,10,13-14H2. The first-order valence-electron chi connectivity index (χ1n) is 8.43. The molecule has 0 atom stereocenters.